The summed E-state index contributed by atoms with van der Waals surface area (Å²) >= 11 is 6.31. The van der Waals surface area contributed by atoms with Crippen molar-refractivity contribution >= 4 is 21.6 Å². The fraction of sp³-hybridized carbons (Fsp3) is 0.519. The van der Waals surface area contributed by atoms with Crippen molar-refractivity contribution in [3.63, 3.8) is 0 Å². The Bertz CT molecular complexity index is 1300. The molecular weight excluding hydrogens is 526 g/mol. The predicted molar refractivity (Wildman–Crippen MR) is 147 cm³/mol. The molecule has 0 saturated carbocycles. The number of nitrogens with zero attached hydrogens (tertiary/aromatic N) is 3. The molecule has 1 aliphatic carbocycles. The van der Waals surface area contributed by atoms with E-state index >= 15 is 0 Å². The maximum Gasteiger partial charge on any atom is 0.240 e. The summed E-state index contributed by atoms with van der Waals surface area (Å²) in [6.07, 6.45) is 1.07. The molecule has 2 aromatic carbocycles. The van der Waals surface area contributed by atoms with Crippen LogP contribution in [0, 0.1) is 18.3 Å². The number of sulfonamides is 1. The quantitative estimate of drug-likeness (QED) is 0.401. The highest BCUT2D eigenvalue weighted by molar-refractivity contribution is 7.89. The molecule has 3 N–H and O–H groups in total. The van der Waals surface area contributed by atoms with Gasteiger partial charge in [0.1, 0.15) is 11.9 Å². The standard InChI is InChI=1S/C27H36ClN5O4S/c1-18-12-22(38(34,35)31-21-6-8-33(17-21)9-11-36-10-7-29)4-5-26(18)37-27-24-14-20(28)13-19(16-30)23(24)15-25(27)32(2)3/h4-5,12-14,21,25,27,31H,6-11,15,17,29H2,1-3H3/t21-,25-,27-/m0/s1. The van der Waals surface area contributed by atoms with Crippen molar-refractivity contribution in [2.75, 3.05) is 53.5 Å². The molecule has 2 aliphatic rings. The van der Waals surface area contributed by atoms with Crippen molar-refractivity contribution < 1.29 is 17.9 Å². The summed E-state index contributed by atoms with van der Waals surface area (Å²) in [5, 5.41) is 10.1. The van der Waals surface area contributed by atoms with E-state index in [0.717, 1.165) is 30.6 Å². The van der Waals surface area contributed by atoms with Crippen LogP contribution in [-0.4, -0.2) is 83.8 Å². The van der Waals surface area contributed by atoms with Crippen LogP contribution in [0.5, 0.6) is 5.75 Å². The lowest BCUT2D eigenvalue weighted by atomic mass is 10.0. The molecule has 3 atom stereocenters. The molecule has 9 nitrogen and oxygen atoms in total. The first kappa shape index (κ1) is 28.8. The number of hydrogen-bond acceptors (Lipinski definition) is 8. The van der Waals surface area contributed by atoms with Crippen molar-refractivity contribution in [2.45, 2.75) is 42.8 Å². The highest BCUT2D eigenvalue weighted by Gasteiger charge is 2.38. The van der Waals surface area contributed by atoms with Crippen LogP contribution >= 0.6 is 11.6 Å². The van der Waals surface area contributed by atoms with E-state index in [-0.39, 0.29) is 23.1 Å². The molecule has 206 valence electrons. The summed E-state index contributed by atoms with van der Waals surface area (Å²) in [6.45, 7) is 5.66. The Balaban J connectivity index is 1.46. The zero-order valence-corrected chi connectivity index (χ0v) is 23.7. The molecule has 1 fully saturated rings. The van der Waals surface area contributed by atoms with E-state index in [4.69, 9.17) is 26.8 Å². The lowest BCUT2D eigenvalue weighted by Crippen LogP contribution is -2.37. The largest absolute Gasteiger partial charge is 0.484 e. The molecular formula is C27H36ClN5O4S. The van der Waals surface area contributed by atoms with Gasteiger partial charge in [-0.1, -0.05) is 11.6 Å². The first-order valence-electron chi connectivity index (χ1n) is 12.8. The van der Waals surface area contributed by atoms with Crippen molar-refractivity contribution in [3.8, 4) is 11.8 Å². The number of ether oxygens (including phenoxy) is 2. The molecule has 0 radical (unpaired) electrons. The Labute approximate surface area is 230 Å². The van der Waals surface area contributed by atoms with Gasteiger partial charge in [0, 0.05) is 30.7 Å². The summed E-state index contributed by atoms with van der Waals surface area (Å²) in [4.78, 5) is 4.47. The van der Waals surface area contributed by atoms with Crippen molar-refractivity contribution in [1.29, 1.82) is 5.26 Å². The normalized spacial score (nSPS) is 21.6. The third-order valence-electron chi connectivity index (χ3n) is 7.22. The first-order chi connectivity index (χ1) is 18.1. The maximum absolute atomic E-state index is 13.2. The number of likely N-dealkylation sites (N-methyl/N-ethyl adjacent to an activating group) is 1. The first-order valence-corrected chi connectivity index (χ1v) is 14.7. The molecule has 1 saturated heterocycles. The van der Waals surface area contributed by atoms with E-state index in [1.807, 2.05) is 27.1 Å². The number of likely N-dealkylation sites (tertiary alicyclic amines) is 1. The highest BCUT2D eigenvalue weighted by atomic mass is 35.5. The highest BCUT2D eigenvalue weighted by Crippen LogP contribution is 2.41. The zero-order chi connectivity index (χ0) is 27.4. The molecule has 0 aromatic heterocycles. The minimum Gasteiger partial charge on any atom is -0.484 e. The monoisotopic (exact) mass is 561 g/mol. The Morgan fingerprint density at radius 1 is 1.26 bits per heavy atom. The number of benzene rings is 2. The van der Waals surface area contributed by atoms with Crippen LogP contribution in [0.1, 0.15) is 34.8 Å². The Morgan fingerprint density at radius 2 is 2.05 bits per heavy atom. The van der Waals surface area contributed by atoms with Gasteiger partial charge in [-0.15, -0.1) is 0 Å². The number of fused-ring (bicyclic) bond motifs is 1. The SMILES string of the molecule is Cc1cc(S(=O)(=O)N[C@H]2CCN(CCOCCN)C2)ccc1O[C@H]1c2cc(Cl)cc(C#N)c2C[C@@H]1N(C)C. The molecule has 0 bridgehead atoms. The third kappa shape index (κ3) is 6.49. The maximum atomic E-state index is 13.2. The number of nitrogens with one attached hydrogen (secondary N) is 1. The van der Waals surface area contributed by atoms with Gasteiger partial charge in [0.15, 0.2) is 0 Å². The van der Waals surface area contributed by atoms with Crippen LogP contribution in [0.25, 0.3) is 0 Å². The number of nitrogens with two attached hydrogens (primary N) is 1. The minimum absolute atomic E-state index is 0.00561. The second-order valence-electron chi connectivity index (χ2n) is 10.1. The van der Waals surface area contributed by atoms with Gasteiger partial charge in [-0.3, -0.25) is 4.90 Å². The van der Waals surface area contributed by atoms with Gasteiger partial charge in [-0.25, -0.2) is 13.1 Å². The second-order valence-corrected chi connectivity index (χ2v) is 12.3. The third-order valence-corrected chi connectivity index (χ3v) is 8.96. The number of nitriles is 1. The second kappa shape index (κ2) is 12.3. The van der Waals surface area contributed by atoms with Gasteiger partial charge in [0.25, 0.3) is 0 Å². The van der Waals surface area contributed by atoms with Gasteiger partial charge in [-0.2, -0.15) is 5.26 Å². The van der Waals surface area contributed by atoms with E-state index in [1.165, 1.54) is 0 Å². The summed E-state index contributed by atoms with van der Waals surface area (Å²) in [7, 11) is 0.265. The molecule has 2 aromatic rings. The molecule has 1 heterocycles. The Kier molecular flexibility index (Phi) is 9.31. The van der Waals surface area contributed by atoms with Gasteiger partial charge in [0.05, 0.1) is 35.8 Å². The van der Waals surface area contributed by atoms with Gasteiger partial charge in [0.2, 0.25) is 10.0 Å². The van der Waals surface area contributed by atoms with E-state index in [1.54, 1.807) is 24.3 Å². The van der Waals surface area contributed by atoms with Crippen LogP contribution in [0.3, 0.4) is 0 Å². The van der Waals surface area contributed by atoms with Crippen LogP contribution in [0.2, 0.25) is 5.02 Å². The zero-order valence-electron chi connectivity index (χ0n) is 22.1. The van der Waals surface area contributed by atoms with E-state index in [0.29, 0.717) is 54.6 Å². The fourth-order valence-corrected chi connectivity index (χ4v) is 6.79. The minimum atomic E-state index is -3.69. The summed E-state index contributed by atoms with van der Waals surface area (Å²) in [5.74, 6) is 0.594. The lowest BCUT2D eigenvalue weighted by Gasteiger charge is -2.28. The molecule has 4 rings (SSSR count). The van der Waals surface area contributed by atoms with Gasteiger partial charge in [-0.05, 0) is 87.4 Å². The average molecular weight is 562 g/mol. The van der Waals surface area contributed by atoms with Crippen molar-refractivity contribution in [3.05, 3.63) is 57.6 Å². The predicted octanol–water partition coefficient (Wildman–Crippen LogP) is 2.45. The van der Waals surface area contributed by atoms with Crippen molar-refractivity contribution in [1.82, 2.24) is 14.5 Å². The van der Waals surface area contributed by atoms with Crippen LogP contribution < -0.4 is 15.2 Å². The molecule has 11 heteroatoms. The Morgan fingerprint density at radius 3 is 2.74 bits per heavy atom. The molecule has 0 unspecified atom stereocenters. The summed E-state index contributed by atoms with van der Waals surface area (Å²) in [5.41, 5.74) is 8.55. The number of hydrogen-bond donors (Lipinski definition) is 2. The van der Waals surface area contributed by atoms with Crippen LogP contribution in [0.4, 0.5) is 0 Å². The van der Waals surface area contributed by atoms with Gasteiger partial charge < -0.3 is 20.1 Å². The van der Waals surface area contributed by atoms with Gasteiger partial charge >= 0.3 is 0 Å². The number of halogens is 1. The molecule has 38 heavy (non-hydrogen) atoms. The van der Waals surface area contributed by atoms with E-state index in [9.17, 15) is 13.7 Å². The van der Waals surface area contributed by atoms with E-state index < -0.39 is 10.0 Å². The Hall–Kier alpha value is -2.23. The number of rotatable bonds is 11. The average Bonchev–Trinajstić information content (AvgIpc) is 3.46. The smallest absolute Gasteiger partial charge is 0.240 e. The molecule has 1 aliphatic heterocycles. The molecule has 0 amide bonds. The fourth-order valence-electron chi connectivity index (χ4n) is 5.21. The topological polar surface area (TPSA) is 121 Å². The summed E-state index contributed by atoms with van der Waals surface area (Å²) in [6, 6.07) is 10.6. The molecule has 0 spiro atoms. The summed E-state index contributed by atoms with van der Waals surface area (Å²) < 4.78 is 41.1. The van der Waals surface area contributed by atoms with Crippen LogP contribution in [0.15, 0.2) is 35.2 Å². The van der Waals surface area contributed by atoms with E-state index in [2.05, 4.69) is 20.6 Å². The number of aryl methyl sites for hydroxylation is 1. The lowest BCUT2D eigenvalue weighted by molar-refractivity contribution is 0.110. The van der Waals surface area contributed by atoms with Crippen LogP contribution in [-0.2, 0) is 21.2 Å². The van der Waals surface area contributed by atoms with Crippen molar-refractivity contribution in [2.24, 2.45) is 5.73 Å².